The summed E-state index contributed by atoms with van der Waals surface area (Å²) >= 11 is 0. The first-order chi connectivity index (χ1) is 8.74. The second kappa shape index (κ2) is 8.39. The van der Waals surface area contributed by atoms with Gasteiger partial charge in [0.25, 0.3) is 0 Å². The second-order valence-electron chi connectivity index (χ2n) is 4.93. The summed E-state index contributed by atoms with van der Waals surface area (Å²) in [7, 11) is 0. The van der Waals surface area contributed by atoms with E-state index < -0.39 is 18.1 Å². The zero-order valence-electron chi connectivity index (χ0n) is 11.8. The third kappa shape index (κ3) is 8.84. The molecule has 0 saturated heterocycles. The van der Waals surface area contributed by atoms with Gasteiger partial charge in [0.15, 0.2) is 0 Å². The maximum atomic E-state index is 11.9. The normalized spacial score (nSPS) is 15.3. The van der Waals surface area contributed by atoms with E-state index in [9.17, 15) is 18.4 Å². The van der Waals surface area contributed by atoms with Gasteiger partial charge in [-0.1, -0.05) is 6.92 Å². The lowest BCUT2D eigenvalue weighted by Crippen LogP contribution is -2.47. The summed E-state index contributed by atoms with van der Waals surface area (Å²) in [5, 5.41) is 12.4. The van der Waals surface area contributed by atoms with Crippen molar-refractivity contribution in [2.75, 3.05) is 13.2 Å². The molecule has 0 heterocycles. The van der Waals surface area contributed by atoms with Crippen LogP contribution in [0.3, 0.4) is 0 Å². The Labute approximate surface area is 113 Å². The Hall–Kier alpha value is -0.800. The summed E-state index contributed by atoms with van der Waals surface area (Å²) in [5.41, 5.74) is -0.610. The van der Waals surface area contributed by atoms with Crippen LogP contribution in [0.25, 0.3) is 0 Å². The van der Waals surface area contributed by atoms with E-state index in [0.717, 1.165) is 0 Å². The van der Waals surface area contributed by atoms with E-state index in [0.29, 0.717) is 19.3 Å². The minimum Gasteiger partial charge on any atom is -0.381 e. The molecule has 0 radical (unpaired) electrons. The van der Waals surface area contributed by atoms with E-state index in [1.54, 1.807) is 0 Å². The van der Waals surface area contributed by atoms with Gasteiger partial charge in [0.05, 0.1) is 19.1 Å². The molecule has 1 atom stereocenters. The fraction of sp³-hybridized carbons (Fsp3) is 0.923. The summed E-state index contributed by atoms with van der Waals surface area (Å²) in [4.78, 5) is 0. The van der Waals surface area contributed by atoms with E-state index >= 15 is 0 Å². The highest BCUT2D eigenvalue weighted by atomic mass is 19.4. The predicted octanol–water partition coefficient (Wildman–Crippen LogP) is 3.41. The molecule has 1 unspecified atom stereocenters. The van der Waals surface area contributed by atoms with Crippen molar-refractivity contribution in [1.82, 2.24) is 5.32 Å². The van der Waals surface area contributed by atoms with Gasteiger partial charge < -0.3 is 4.74 Å². The highest BCUT2D eigenvalue weighted by Crippen LogP contribution is 2.20. The van der Waals surface area contributed by atoms with E-state index in [2.05, 4.69) is 11.4 Å². The van der Waals surface area contributed by atoms with Gasteiger partial charge in [-0.05, 0) is 33.1 Å². The molecule has 112 valence electrons. The van der Waals surface area contributed by atoms with E-state index in [-0.39, 0.29) is 19.3 Å². The van der Waals surface area contributed by atoms with Gasteiger partial charge in [-0.25, -0.2) is 0 Å². The summed E-state index contributed by atoms with van der Waals surface area (Å²) in [6.07, 6.45) is -3.29. The standard InChI is InChI=1S/C13H23F3N2O/c1-4-12(10-17,18-11(2)3)6-5-8-19-9-7-13(14,15)16/h11,18H,4-9H2,1-3H3. The Morgan fingerprint density at radius 1 is 1.21 bits per heavy atom. The Bertz CT molecular complexity index is 287. The Balaban J connectivity index is 3.92. The van der Waals surface area contributed by atoms with E-state index in [1.165, 1.54) is 0 Å². The first-order valence-corrected chi connectivity index (χ1v) is 6.58. The molecule has 19 heavy (non-hydrogen) atoms. The second-order valence-corrected chi connectivity index (χ2v) is 4.93. The molecule has 0 spiro atoms. The molecular weight excluding hydrogens is 257 g/mol. The molecule has 0 bridgehead atoms. The van der Waals surface area contributed by atoms with Crippen LogP contribution in [0.15, 0.2) is 0 Å². The largest absolute Gasteiger partial charge is 0.391 e. The average Bonchev–Trinajstić information content (AvgIpc) is 2.30. The number of rotatable bonds is 9. The summed E-state index contributed by atoms with van der Waals surface area (Å²) < 4.78 is 40.6. The van der Waals surface area contributed by atoms with Gasteiger partial charge in [0.2, 0.25) is 0 Å². The van der Waals surface area contributed by atoms with Gasteiger partial charge in [-0.3, -0.25) is 5.32 Å². The number of nitrogens with one attached hydrogen (secondary N) is 1. The lowest BCUT2D eigenvalue weighted by molar-refractivity contribution is -0.145. The van der Waals surface area contributed by atoms with Gasteiger partial charge in [0.1, 0.15) is 5.54 Å². The van der Waals surface area contributed by atoms with E-state index in [1.807, 2.05) is 20.8 Å². The zero-order valence-corrected chi connectivity index (χ0v) is 11.8. The van der Waals surface area contributed by atoms with Gasteiger partial charge in [-0.15, -0.1) is 0 Å². The summed E-state index contributed by atoms with van der Waals surface area (Å²) in [5.74, 6) is 0. The van der Waals surface area contributed by atoms with Gasteiger partial charge in [0, 0.05) is 12.6 Å². The van der Waals surface area contributed by atoms with Crippen LogP contribution in [0.4, 0.5) is 13.2 Å². The van der Waals surface area contributed by atoms with Crippen LogP contribution < -0.4 is 5.32 Å². The molecule has 0 amide bonds. The van der Waals surface area contributed by atoms with Crippen molar-refractivity contribution in [3.63, 3.8) is 0 Å². The van der Waals surface area contributed by atoms with Crippen molar-refractivity contribution in [2.45, 2.75) is 64.2 Å². The molecule has 0 fully saturated rings. The maximum absolute atomic E-state index is 11.9. The van der Waals surface area contributed by atoms with Gasteiger partial charge in [-0.2, -0.15) is 18.4 Å². The van der Waals surface area contributed by atoms with Crippen LogP contribution in [0.5, 0.6) is 0 Å². The van der Waals surface area contributed by atoms with Crippen LogP contribution in [-0.4, -0.2) is 31.0 Å². The van der Waals surface area contributed by atoms with Crippen molar-refractivity contribution < 1.29 is 17.9 Å². The maximum Gasteiger partial charge on any atom is 0.391 e. The Kier molecular flexibility index (Phi) is 8.03. The quantitative estimate of drug-likeness (QED) is 0.658. The monoisotopic (exact) mass is 280 g/mol. The lowest BCUT2D eigenvalue weighted by Gasteiger charge is -2.29. The predicted molar refractivity (Wildman–Crippen MR) is 67.6 cm³/mol. The smallest absolute Gasteiger partial charge is 0.381 e. The van der Waals surface area contributed by atoms with Crippen molar-refractivity contribution in [3.05, 3.63) is 0 Å². The molecule has 0 aliphatic carbocycles. The number of hydrogen-bond donors (Lipinski definition) is 1. The fourth-order valence-electron chi connectivity index (χ4n) is 1.84. The number of nitriles is 1. The van der Waals surface area contributed by atoms with Crippen molar-refractivity contribution in [3.8, 4) is 6.07 Å². The Morgan fingerprint density at radius 2 is 1.84 bits per heavy atom. The molecule has 0 saturated carbocycles. The minimum absolute atomic E-state index is 0.186. The number of hydrogen-bond acceptors (Lipinski definition) is 3. The SMILES string of the molecule is CCC(C#N)(CCCOCCC(F)(F)F)NC(C)C. The molecule has 0 aliphatic heterocycles. The first kappa shape index (κ1) is 18.2. The molecule has 6 heteroatoms. The van der Waals surface area contributed by atoms with Crippen LogP contribution >= 0.6 is 0 Å². The van der Waals surface area contributed by atoms with Gasteiger partial charge >= 0.3 is 6.18 Å². The molecule has 0 aromatic carbocycles. The van der Waals surface area contributed by atoms with Crippen LogP contribution in [0.2, 0.25) is 0 Å². The highest BCUT2D eigenvalue weighted by Gasteiger charge is 2.28. The summed E-state index contributed by atoms with van der Waals surface area (Å²) in [6.45, 7) is 5.78. The molecule has 1 N–H and O–H groups in total. The van der Waals surface area contributed by atoms with Crippen molar-refractivity contribution in [1.29, 1.82) is 5.26 Å². The van der Waals surface area contributed by atoms with Crippen molar-refractivity contribution in [2.24, 2.45) is 0 Å². The number of ether oxygens (including phenoxy) is 1. The van der Waals surface area contributed by atoms with E-state index in [4.69, 9.17) is 4.74 Å². The average molecular weight is 280 g/mol. The van der Waals surface area contributed by atoms with Crippen LogP contribution in [-0.2, 0) is 4.74 Å². The number of halogens is 3. The third-order valence-corrected chi connectivity index (χ3v) is 2.80. The lowest BCUT2D eigenvalue weighted by atomic mass is 9.91. The fourth-order valence-corrected chi connectivity index (χ4v) is 1.84. The number of nitrogens with zero attached hydrogens (tertiary/aromatic N) is 1. The first-order valence-electron chi connectivity index (χ1n) is 6.58. The third-order valence-electron chi connectivity index (χ3n) is 2.80. The summed E-state index contributed by atoms with van der Waals surface area (Å²) in [6, 6.07) is 2.45. The molecule has 0 aromatic rings. The van der Waals surface area contributed by atoms with Crippen LogP contribution in [0.1, 0.15) is 46.5 Å². The Morgan fingerprint density at radius 3 is 2.26 bits per heavy atom. The zero-order chi connectivity index (χ0) is 14.9. The van der Waals surface area contributed by atoms with Crippen LogP contribution in [0, 0.1) is 11.3 Å². The molecular formula is C13H23F3N2O. The number of alkyl halides is 3. The molecule has 3 nitrogen and oxygen atoms in total. The highest BCUT2D eigenvalue weighted by molar-refractivity contribution is 5.06. The minimum atomic E-state index is -4.17. The van der Waals surface area contributed by atoms with Crippen molar-refractivity contribution >= 4 is 0 Å². The molecule has 0 rings (SSSR count). The molecule has 0 aromatic heterocycles. The topological polar surface area (TPSA) is 45.0 Å². The molecule has 0 aliphatic rings.